The van der Waals surface area contributed by atoms with Gasteiger partial charge in [-0.15, -0.1) is 11.8 Å². The minimum atomic E-state index is -1.08. The summed E-state index contributed by atoms with van der Waals surface area (Å²) in [4.78, 5) is 50.8. The Hall–Kier alpha value is -4.57. The van der Waals surface area contributed by atoms with Crippen LogP contribution in [0.2, 0.25) is 10.0 Å². The fourth-order valence-corrected chi connectivity index (χ4v) is 5.09. The number of carbonyl (C=O) groups is 4. The van der Waals surface area contributed by atoms with Crippen molar-refractivity contribution in [1.82, 2.24) is 5.32 Å². The largest absolute Gasteiger partial charge is 0.478 e. The molecule has 0 aromatic heterocycles. The molecule has 0 bridgehead atoms. The maximum absolute atomic E-state index is 13.3. The van der Waals surface area contributed by atoms with Crippen LogP contribution in [0.4, 0.5) is 11.4 Å². The molecule has 1 unspecified atom stereocenters. The lowest BCUT2D eigenvalue weighted by Crippen LogP contribution is -2.30. The fraction of sp³-hybridized carbons (Fsp3) is 0.0625. The zero-order valence-electron chi connectivity index (χ0n) is 22.6. The molecule has 0 aliphatic rings. The summed E-state index contributed by atoms with van der Waals surface area (Å²) in [6, 6.07) is 26.1. The molecular formula is C32H25Cl2N3O5S. The number of hydrogen-bond acceptors (Lipinski definition) is 5. The van der Waals surface area contributed by atoms with Crippen LogP contribution < -0.4 is 16.0 Å². The summed E-state index contributed by atoms with van der Waals surface area (Å²) in [5, 5.41) is 17.5. The van der Waals surface area contributed by atoms with Crippen molar-refractivity contribution >= 4 is 76.1 Å². The van der Waals surface area contributed by atoms with Gasteiger partial charge < -0.3 is 21.1 Å². The summed E-state index contributed by atoms with van der Waals surface area (Å²) >= 11 is 13.6. The highest BCUT2D eigenvalue weighted by Gasteiger charge is 2.18. The van der Waals surface area contributed by atoms with Gasteiger partial charge in [0.2, 0.25) is 5.91 Å². The summed E-state index contributed by atoms with van der Waals surface area (Å²) in [5.74, 6) is -2.43. The van der Waals surface area contributed by atoms with E-state index in [0.717, 1.165) is 4.90 Å². The van der Waals surface area contributed by atoms with Crippen LogP contribution in [0, 0.1) is 0 Å². The number of benzene rings is 4. The standard InChI is InChI=1S/C32H25Cl2N3O5S/c1-19(29(38)36-25-9-5-8-22(16-25)32(41)42)43-26-14-12-24(13-15-26)35-31(40)28(17-21-10-11-23(33)18-27(21)34)37-30(39)20-6-3-2-4-7-20/h2-19H,1H3,(H,35,40)(H,36,38)(H,37,39)(H,41,42)/b28-17-. The van der Waals surface area contributed by atoms with Crippen molar-refractivity contribution in [2.24, 2.45) is 0 Å². The number of thioether (sulfide) groups is 1. The van der Waals surface area contributed by atoms with Gasteiger partial charge in [-0.25, -0.2) is 4.79 Å². The fourth-order valence-electron chi connectivity index (χ4n) is 3.76. The van der Waals surface area contributed by atoms with Crippen LogP contribution in [-0.4, -0.2) is 34.0 Å². The minimum Gasteiger partial charge on any atom is -0.478 e. The predicted octanol–water partition coefficient (Wildman–Crippen LogP) is 7.22. The zero-order valence-corrected chi connectivity index (χ0v) is 25.0. The number of carboxylic acids is 1. The van der Waals surface area contributed by atoms with Gasteiger partial charge in [-0.1, -0.05) is 53.5 Å². The molecule has 0 saturated carbocycles. The van der Waals surface area contributed by atoms with Gasteiger partial charge in [0, 0.05) is 31.9 Å². The van der Waals surface area contributed by atoms with Crippen molar-refractivity contribution in [3.8, 4) is 0 Å². The summed E-state index contributed by atoms with van der Waals surface area (Å²) in [6.07, 6.45) is 1.46. The average molecular weight is 635 g/mol. The molecule has 0 spiro atoms. The van der Waals surface area contributed by atoms with Gasteiger partial charge in [0.1, 0.15) is 5.70 Å². The van der Waals surface area contributed by atoms with Gasteiger partial charge in [0.15, 0.2) is 0 Å². The van der Waals surface area contributed by atoms with E-state index in [1.54, 1.807) is 85.8 Å². The van der Waals surface area contributed by atoms with E-state index in [4.69, 9.17) is 28.3 Å². The van der Waals surface area contributed by atoms with Crippen LogP contribution in [0.25, 0.3) is 6.08 Å². The lowest BCUT2D eigenvalue weighted by Gasteiger charge is -2.14. The van der Waals surface area contributed by atoms with Crippen LogP contribution >= 0.6 is 35.0 Å². The Labute approximate surface area is 262 Å². The number of carbonyl (C=O) groups excluding carboxylic acids is 3. The van der Waals surface area contributed by atoms with Crippen molar-refractivity contribution in [2.75, 3.05) is 10.6 Å². The first kappa shape index (κ1) is 31.4. The maximum atomic E-state index is 13.3. The van der Waals surface area contributed by atoms with Crippen molar-refractivity contribution in [3.63, 3.8) is 0 Å². The number of rotatable bonds is 10. The molecule has 43 heavy (non-hydrogen) atoms. The Bertz CT molecular complexity index is 1700. The average Bonchev–Trinajstić information content (AvgIpc) is 2.99. The number of nitrogens with one attached hydrogen (secondary N) is 3. The molecule has 0 heterocycles. The monoisotopic (exact) mass is 633 g/mol. The SMILES string of the molecule is CC(Sc1ccc(NC(=O)/C(=C/c2ccc(Cl)cc2Cl)NC(=O)c2ccccc2)cc1)C(=O)Nc1cccc(C(=O)O)c1. The van der Waals surface area contributed by atoms with Gasteiger partial charge >= 0.3 is 5.97 Å². The molecule has 4 rings (SSSR count). The molecular weight excluding hydrogens is 609 g/mol. The molecule has 0 saturated heterocycles. The van der Waals surface area contributed by atoms with E-state index < -0.39 is 23.0 Å². The molecule has 4 aromatic rings. The molecule has 0 aliphatic heterocycles. The van der Waals surface area contributed by atoms with E-state index in [1.165, 1.54) is 36.0 Å². The molecule has 8 nitrogen and oxygen atoms in total. The van der Waals surface area contributed by atoms with Gasteiger partial charge in [-0.05, 0) is 85.3 Å². The molecule has 218 valence electrons. The predicted molar refractivity (Wildman–Crippen MR) is 171 cm³/mol. The normalized spacial score (nSPS) is 11.7. The lowest BCUT2D eigenvalue weighted by molar-refractivity contribution is -0.115. The number of anilines is 2. The topological polar surface area (TPSA) is 125 Å². The Morgan fingerprint density at radius 2 is 1.49 bits per heavy atom. The smallest absolute Gasteiger partial charge is 0.335 e. The van der Waals surface area contributed by atoms with Gasteiger partial charge in [-0.2, -0.15) is 0 Å². The van der Waals surface area contributed by atoms with E-state index in [0.29, 0.717) is 32.5 Å². The van der Waals surface area contributed by atoms with Gasteiger partial charge in [0.05, 0.1) is 10.8 Å². The van der Waals surface area contributed by atoms with Crippen molar-refractivity contribution in [2.45, 2.75) is 17.1 Å². The summed E-state index contributed by atoms with van der Waals surface area (Å²) in [5.41, 5.74) is 1.74. The number of hydrogen-bond donors (Lipinski definition) is 4. The second-order valence-corrected chi connectivity index (χ2v) is 11.4. The van der Waals surface area contributed by atoms with E-state index in [-0.39, 0.29) is 17.2 Å². The third kappa shape index (κ3) is 8.96. The molecule has 3 amide bonds. The Morgan fingerprint density at radius 1 is 0.791 bits per heavy atom. The number of carboxylic acid groups (broad SMARTS) is 1. The third-order valence-electron chi connectivity index (χ3n) is 5.96. The van der Waals surface area contributed by atoms with Gasteiger partial charge in [0.25, 0.3) is 11.8 Å². The first-order valence-corrected chi connectivity index (χ1v) is 14.5. The quantitative estimate of drug-likeness (QED) is 0.108. The highest BCUT2D eigenvalue weighted by Crippen LogP contribution is 2.27. The highest BCUT2D eigenvalue weighted by molar-refractivity contribution is 8.00. The van der Waals surface area contributed by atoms with E-state index in [2.05, 4.69) is 16.0 Å². The van der Waals surface area contributed by atoms with E-state index in [9.17, 15) is 19.2 Å². The van der Waals surface area contributed by atoms with Crippen LogP contribution in [0.15, 0.2) is 108 Å². The van der Waals surface area contributed by atoms with E-state index >= 15 is 0 Å². The van der Waals surface area contributed by atoms with Crippen LogP contribution in [-0.2, 0) is 9.59 Å². The molecule has 0 radical (unpaired) electrons. The summed E-state index contributed by atoms with van der Waals surface area (Å²) in [7, 11) is 0. The molecule has 1 atom stereocenters. The summed E-state index contributed by atoms with van der Waals surface area (Å²) < 4.78 is 0. The molecule has 11 heteroatoms. The Morgan fingerprint density at radius 3 is 2.16 bits per heavy atom. The summed E-state index contributed by atoms with van der Waals surface area (Å²) in [6.45, 7) is 1.73. The van der Waals surface area contributed by atoms with Crippen LogP contribution in [0.3, 0.4) is 0 Å². The zero-order chi connectivity index (χ0) is 30.9. The van der Waals surface area contributed by atoms with Crippen molar-refractivity contribution in [1.29, 1.82) is 0 Å². The van der Waals surface area contributed by atoms with Crippen molar-refractivity contribution in [3.05, 3.63) is 129 Å². The second kappa shape index (κ2) is 14.6. The van der Waals surface area contributed by atoms with E-state index in [1.807, 2.05) is 0 Å². The molecule has 0 fully saturated rings. The number of amides is 3. The van der Waals surface area contributed by atoms with Crippen LogP contribution in [0.1, 0.15) is 33.2 Å². The number of halogens is 2. The number of aromatic carboxylic acids is 1. The Balaban J connectivity index is 1.44. The Kier molecular flexibility index (Phi) is 10.6. The van der Waals surface area contributed by atoms with Gasteiger partial charge in [-0.3, -0.25) is 14.4 Å². The molecule has 4 N–H and O–H groups in total. The van der Waals surface area contributed by atoms with Crippen LogP contribution in [0.5, 0.6) is 0 Å². The van der Waals surface area contributed by atoms with Crippen molar-refractivity contribution < 1.29 is 24.3 Å². The minimum absolute atomic E-state index is 0.0335. The highest BCUT2D eigenvalue weighted by atomic mass is 35.5. The first-order valence-electron chi connectivity index (χ1n) is 12.8. The second-order valence-electron chi connectivity index (χ2n) is 9.16. The first-order chi connectivity index (χ1) is 20.6. The maximum Gasteiger partial charge on any atom is 0.335 e. The molecule has 0 aliphatic carbocycles. The third-order valence-corrected chi connectivity index (χ3v) is 7.64. The lowest BCUT2D eigenvalue weighted by atomic mass is 10.1. The molecule has 4 aromatic carbocycles.